The van der Waals surface area contributed by atoms with Crippen molar-refractivity contribution in [2.75, 3.05) is 12.8 Å². The Kier molecular flexibility index (Phi) is 11.1. The fourth-order valence-corrected chi connectivity index (χ4v) is 3.54. The lowest BCUT2D eigenvalue weighted by Gasteiger charge is -2.14. The highest BCUT2D eigenvalue weighted by Gasteiger charge is 2.11. The summed E-state index contributed by atoms with van der Waals surface area (Å²) in [7, 11) is -3.28. The third kappa shape index (κ3) is 10.2. The molecule has 0 radical (unpaired) electrons. The van der Waals surface area contributed by atoms with Gasteiger partial charge >= 0.3 is 6.61 Å². The van der Waals surface area contributed by atoms with Crippen LogP contribution in [0.5, 0.6) is 5.75 Å². The molecule has 0 aliphatic rings. The Morgan fingerprint density at radius 1 is 1.13 bits per heavy atom. The normalized spacial score (nSPS) is 11.7. The maximum Gasteiger partial charge on any atom is 0.387 e. The van der Waals surface area contributed by atoms with Gasteiger partial charge in [0.2, 0.25) is 0 Å². The van der Waals surface area contributed by atoms with Crippen molar-refractivity contribution < 1.29 is 26.3 Å². The van der Waals surface area contributed by atoms with E-state index in [2.05, 4.69) is 20.4 Å². The molecule has 0 atom stereocenters. The molecule has 0 aromatic heterocycles. The molecule has 0 aliphatic carbocycles. The van der Waals surface area contributed by atoms with Crippen LogP contribution in [0.3, 0.4) is 0 Å². The van der Waals surface area contributed by atoms with Crippen LogP contribution < -0.4 is 15.4 Å². The Bertz CT molecular complexity index is 989. The number of rotatable bonds is 9. The number of guanidine groups is 1. The van der Waals surface area contributed by atoms with Crippen LogP contribution in [0.4, 0.5) is 13.2 Å². The Morgan fingerprint density at radius 2 is 1.87 bits per heavy atom. The van der Waals surface area contributed by atoms with Gasteiger partial charge in [0.25, 0.3) is 0 Å². The van der Waals surface area contributed by atoms with E-state index in [1.54, 1.807) is 12.1 Å². The van der Waals surface area contributed by atoms with Crippen LogP contribution in [0.2, 0.25) is 0 Å². The smallest absolute Gasteiger partial charge is 0.387 e. The first-order valence-corrected chi connectivity index (χ1v) is 11.2. The molecular formula is C20H25F3IN3O3S. The molecule has 2 rings (SSSR count). The predicted octanol–water partition coefficient (Wildman–Crippen LogP) is 3.85. The molecule has 0 saturated heterocycles. The van der Waals surface area contributed by atoms with Crippen molar-refractivity contribution in [3.8, 4) is 5.75 Å². The van der Waals surface area contributed by atoms with Gasteiger partial charge in [-0.25, -0.2) is 17.8 Å². The molecule has 0 heterocycles. The van der Waals surface area contributed by atoms with Crippen molar-refractivity contribution in [2.24, 2.45) is 4.99 Å². The third-order valence-corrected chi connectivity index (χ3v) is 4.76. The van der Waals surface area contributed by atoms with E-state index in [0.29, 0.717) is 29.2 Å². The maximum absolute atomic E-state index is 13.7. The highest BCUT2D eigenvalue weighted by atomic mass is 127. The standard InChI is InChI=1S/C20H24F3N3O3S.HI/c1-3-24-20(25-11-14-5-4-6-18(9-14)29-19(22)23)26-12-16-10-17(21)8-7-15(16)13-30(2,27)28;/h4-10,19H,3,11-13H2,1-2H3,(H2,24,25,26);1H. The number of benzene rings is 2. The summed E-state index contributed by atoms with van der Waals surface area (Å²) >= 11 is 0. The zero-order valence-electron chi connectivity index (χ0n) is 17.1. The molecule has 0 bridgehead atoms. The molecule has 31 heavy (non-hydrogen) atoms. The first-order chi connectivity index (χ1) is 14.2. The van der Waals surface area contributed by atoms with Crippen LogP contribution in [0, 0.1) is 5.82 Å². The summed E-state index contributed by atoms with van der Waals surface area (Å²) in [5, 5.41) is 6.06. The van der Waals surface area contributed by atoms with E-state index in [1.807, 2.05) is 6.92 Å². The van der Waals surface area contributed by atoms with Crippen LogP contribution in [0.1, 0.15) is 23.6 Å². The van der Waals surface area contributed by atoms with E-state index in [1.165, 1.54) is 30.3 Å². The summed E-state index contributed by atoms with van der Waals surface area (Å²) in [5.74, 6) is -0.218. The molecule has 0 unspecified atom stereocenters. The zero-order valence-corrected chi connectivity index (χ0v) is 20.2. The molecule has 0 saturated carbocycles. The van der Waals surface area contributed by atoms with Gasteiger partial charge < -0.3 is 15.4 Å². The fraction of sp³-hybridized carbons (Fsp3) is 0.350. The quantitative estimate of drug-likeness (QED) is 0.272. The van der Waals surface area contributed by atoms with Crippen molar-refractivity contribution >= 4 is 39.8 Å². The second-order valence-electron chi connectivity index (χ2n) is 6.56. The number of alkyl halides is 2. The Balaban J connectivity index is 0.00000480. The number of hydrogen-bond donors (Lipinski definition) is 2. The van der Waals surface area contributed by atoms with Gasteiger partial charge in [-0.2, -0.15) is 8.78 Å². The number of aliphatic imine (C=N–C) groups is 1. The number of nitrogens with one attached hydrogen (secondary N) is 2. The van der Waals surface area contributed by atoms with Crippen LogP contribution in [-0.2, 0) is 28.7 Å². The highest BCUT2D eigenvalue weighted by molar-refractivity contribution is 14.0. The fourth-order valence-electron chi connectivity index (χ4n) is 2.69. The largest absolute Gasteiger partial charge is 0.435 e. The first kappa shape index (κ1) is 27.0. The van der Waals surface area contributed by atoms with E-state index in [-0.39, 0.29) is 48.6 Å². The number of sulfone groups is 1. The van der Waals surface area contributed by atoms with Gasteiger partial charge in [-0.15, -0.1) is 24.0 Å². The molecule has 2 aromatic rings. The number of hydrogen-bond acceptors (Lipinski definition) is 4. The van der Waals surface area contributed by atoms with Gasteiger partial charge in [0.05, 0.1) is 12.3 Å². The average Bonchev–Trinajstić information content (AvgIpc) is 2.64. The first-order valence-electron chi connectivity index (χ1n) is 9.17. The molecule has 11 heteroatoms. The molecule has 2 N–H and O–H groups in total. The molecule has 172 valence electrons. The Morgan fingerprint density at radius 3 is 2.52 bits per heavy atom. The van der Waals surface area contributed by atoms with Gasteiger partial charge in [0.1, 0.15) is 11.6 Å². The summed E-state index contributed by atoms with van der Waals surface area (Å²) < 4.78 is 66.0. The van der Waals surface area contributed by atoms with Gasteiger partial charge in [-0.1, -0.05) is 18.2 Å². The predicted molar refractivity (Wildman–Crippen MR) is 125 cm³/mol. The monoisotopic (exact) mass is 571 g/mol. The lowest BCUT2D eigenvalue weighted by molar-refractivity contribution is -0.0498. The molecule has 6 nitrogen and oxygen atoms in total. The summed E-state index contributed by atoms with van der Waals surface area (Å²) in [4.78, 5) is 4.39. The second-order valence-corrected chi connectivity index (χ2v) is 8.70. The van der Waals surface area contributed by atoms with E-state index >= 15 is 0 Å². The Hall–Kier alpha value is -2.02. The van der Waals surface area contributed by atoms with E-state index < -0.39 is 22.3 Å². The minimum atomic E-state index is -3.28. The topological polar surface area (TPSA) is 79.8 Å². The molecule has 0 spiro atoms. The van der Waals surface area contributed by atoms with Gasteiger partial charge in [0.15, 0.2) is 15.8 Å². The van der Waals surface area contributed by atoms with Crippen molar-refractivity contribution in [3.63, 3.8) is 0 Å². The second kappa shape index (κ2) is 12.7. The molecular weight excluding hydrogens is 546 g/mol. The van der Waals surface area contributed by atoms with E-state index in [9.17, 15) is 21.6 Å². The summed E-state index contributed by atoms with van der Waals surface area (Å²) in [6.45, 7) is -0.140. The van der Waals surface area contributed by atoms with E-state index in [0.717, 1.165) is 6.26 Å². The van der Waals surface area contributed by atoms with Gasteiger partial charge in [-0.05, 0) is 47.9 Å². The molecule has 0 aliphatic heterocycles. The van der Waals surface area contributed by atoms with Crippen molar-refractivity contribution in [2.45, 2.75) is 32.4 Å². The van der Waals surface area contributed by atoms with Gasteiger partial charge in [-0.3, -0.25) is 0 Å². The van der Waals surface area contributed by atoms with Crippen LogP contribution in [0.15, 0.2) is 47.5 Å². The van der Waals surface area contributed by atoms with Crippen LogP contribution in [-0.4, -0.2) is 33.8 Å². The third-order valence-electron chi connectivity index (χ3n) is 3.92. The molecule has 2 aromatic carbocycles. The van der Waals surface area contributed by atoms with Crippen LogP contribution in [0.25, 0.3) is 0 Å². The molecule has 0 fully saturated rings. The lowest BCUT2D eigenvalue weighted by Crippen LogP contribution is -2.37. The van der Waals surface area contributed by atoms with Crippen molar-refractivity contribution in [1.82, 2.24) is 10.6 Å². The summed E-state index contributed by atoms with van der Waals surface area (Å²) in [5.41, 5.74) is 1.66. The molecule has 0 amide bonds. The van der Waals surface area contributed by atoms with Crippen molar-refractivity contribution in [3.05, 3.63) is 65.0 Å². The minimum absolute atomic E-state index is 0. The van der Waals surface area contributed by atoms with Gasteiger partial charge in [0, 0.05) is 19.3 Å². The van der Waals surface area contributed by atoms with E-state index in [4.69, 9.17) is 0 Å². The lowest BCUT2D eigenvalue weighted by atomic mass is 10.1. The SMILES string of the molecule is CCNC(=NCc1cccc(OC(F)F)c1)NCc1cc(F)ccc1CS(C)(=O)=O.I. The number of ether oxygens (including phenoxy) is 1. The van der Waals surface area contributed by atoms with Crippen molar-refractivity contribution in [1.29, 1.82) is 0 Å². The number of halogens is 4. The summed E-state index contributed by atoms with van der Waals surface area (Å²) in [6, 6.07) is 10.2. The zero-order chi connectivity index (χ0) is 22.1. The summed E-state index contributed by atoms with van der Waals surface area (Å²) in [6.07, 6.45) is 1.12. The Labute approximate surface area is 197 Å². The van der Waals surface area contributed by atoms with Crippen LogP contribution >= 0.6 is 24.0 Å². The maximum atomic E-state index is 13.7. The minimum Gasteiger partial charge on any atom is -0.435 e. The average molecular weight is 571 g/mol. The number of nitrogens with zero attached hydrogens (tertiary/aromatic N) is 1. The highest BCUT2D eigenvalue weighted by Crippen LogP contribution is 2.17.